The molecule has 3 atom stereocenters. The maximum absolute atomic E-state index is 13.3. The Morgan fingerprint density at radius 1 is 0.811 bits per heavy atom. The fourth-order valence-electron chi connectivity index (χ4n) is 8.30. The minimum Gasteiger partial charge on any atom is -0.382 e. The lowest BCUT2D eigenvalue weighted by atomic mass is 9.90. The Balaban J connectivity index is 0.802. The molecule has 270 valence electrons. The molecule has 0 radical (unpaired) electrons. The van der Waals surface area contributed by atoms with Crippen molar-refractivity contribution in [2.45, 2.75) is 82.1 Å². The van der Waals surface area contributed by atoms with Crippen molar-refractivity contribution >= 4 is 46.2 Å². The van der Waals surface area contributed by atoms with Crippen LogP contribution in [0.2, 0.25) is 0 Å². The van der Waals surface area contributed by atoms with Gasteiger partial charge in [-0.1, -0.05) is 18.2 Å². The largest absolute Gasteiger partial charge is 0.382 e. The van der Waals surface area contributed by atoms with Crippen molar-refractivity contribution in [2.75, 3.05) is 28.6 Å². The molecule has 2 saturated heterocycles. The van der Waals surface area contributed by atoms with Crippen LogP contribution in [0.25, 0.3) is 22.3 Å². The molecule has 3 unspecified atom stereocenters. The van der Waals surface area contributed by atoms with Gasteiger partial charge in [0.2, 0.25) is 17.8 Å². The SMILES string of the molecule is O=C1CCC(N2Cc3c(NC4CCCC(Nc5nccc(N6CCC(n7cc(-c8cnc9ccccc9n8)cn7)CC6)n5)C4)cccc3C2=O)C(=O)N1. The topological polar surface area (TPSA) is 163 Å². The molecule has 3 aliphatic heterocycles. The van der Waals surface area contributed by atoms with E-state index in [9.17, 15) is 14.4 Å². The third-order valence-corrected chi connectivity index (χ3v) is 11.1. The Hall–Kier alpha value is -5.92. The Morgan fingerprint density at radius 3 is 2.49 bits per heavy atom. The molecule has 14 heteroatoms. The van der Waals surface area contributed by atoms with E-state index in [2.05, 4.69) is 41.7 Å². The number of nitrogens with zero attached hydrogens (tertiary/aromatic N) is 8. The maximum Gasteiger partial charge on any atom is 0.255 e. The summed E-state index contributed by atoms with van der Waals surface area (Å²) in [4.78, 5) is 60.4. The summed E-state index contributed by atoms with van der Waals surface area (Å²) in [5, 5.41) is 14.4. The van der Waals surface area contributed by atoms with Crippen LogP contribution in [0.5, 0.6) is 0 Å². The quantitative estimate of drug-likeness (QED) is 0.191. The standard InChI is InChI=1S/C39H41N11O3/c51-36-12-11-34(37(52)47-36)49-23-29-28(38(49)53)7-4-10-30(29)43-25-5-3-6-26(19-25)44-39-40-16-13-35(46-39)48-17-14-27(15-18-48)50-22-24(20-42-50)33-21-41-31-8-1-2-9-32(31)45-33/h1-2,4,7-10,13,16,20-22,25-27,34,43H,3,5-6,11-12,14-15,17-19,23H2,(H,40,44,46)(H,47,51,52). The molecule has 4 aliphatic rings. The van der Waals surface area contributed by atoms with Crippen LogP contribution in [-0.4, -0.2) is 83.6 Å². The van der Waals surface area contributed by atoms with Crippen molar-refractivity contribution in [3.8, 4) is 11.3 Å². The van der Waals surface area contributed by atoms with Gasteiger partial charge in [-0.25, -0.2) is 9.97 Å². The highest BCUT2D eigenvalue weighted by Gasteiger charge is 2.40. The highest BCUT2D eigenvalue weighted by molar-refractivity contribution is 6.06. The number of anilines is 3. The lowest BCUT2D eigenvalue weighted by molar-refractivity contribution is -0.136. The Bertz CT molecular complexity index is 2200. The highest BCUT2D eigenvalue weighted by Crippen LogP contribution is 2.34. The molecule has 9 rings (SSSR count). The van der Waals surface area contributed by atoms with Crippen molar-refractivity contribution < 1.29 is 14.4 Å². The van der Waals surface area contributed by atoms with E-state index in [0.717, 1.165) is 91.0 Å². The predicted molar refractivity (Wildman–Crippen MR) is 199 cm³/mol. The van der Waals surface area contributed by atoms with E-state index in [0.29, 0.717) is 30.5 Å². The average Bonchev–Trinajstić information content (AvgIpc) is 3.81. The molecule has 1 saturated carbocycles. The van der Waals surface area contributed by atoms with Gasteiger partial charge in [-0.05, 0) is 75.3 Å². The van der Waals surface area contributed by atoms with E-state index in [-0.39, 0.29) is 30.3 Å². The van der Waals surface area contributed by atoms with Crippen LogP contribution in [0.15, 0.2) is 73.3 Å². The number of para-hydroxylation sites is 2. The summed E-state index contributed by atoms with van der Waals surface area (Å²) < 4.78 is 2.07. The van der Waals surface area contributed by atoms with Gasteiger partial charge in [0.15, 0.2) is 0 Å². The lowest BCUT2D eigenvalue weighted by Crippen LogP contribution is -2.52. The van der Waals surface area contributed by atoms with Crippen LogP contribution in [0.4, 0.5) is 17.5 Å². The number of carbonyl (C=O) groups excluding carboxylic acids is 3. The van der Waals surface area contributed by atoms with Crippen molar-refractivity contribution in [2.24, 2.45) is 0 Å². The zero-order valence-electron chi connectivity index (χ0n) is 29.3. The molecule has 1 aliphatic carbocycles. The molecule has 3 amide bonds. The van der Waals surface area contributed by atoms with E-state index >= 15 is 0 Å². The summed E-state index contributed by atoms with van der Waals surface area (Å²) in [7, 11) is 0. The summed E-state index contributed by atoms with van der Waals surface area (Å²) in [5.74, 6) is 0.709. The highest BCUT2D eigenvalue weighted by atomic mass is 16.2. The third kappa shape index (κ3) is 6.64. The summed E-state index contributed by atoms with van der Waals surface area (Å²) in [6.07, 6.45) is 14.0. The number of hydrogen-bond donors (Lipinski definition) is 3. The van der Waals surface area contributed by atoms with Crippen LogP contribution >= 0.6 is 0 Å². The number of imide groups is 1. The van der Waals surface area contributed by atoms with Crippen LogP contribution < -0.4 is 20.9 Å². The molecule has 53 heavy (non-hydrogen) atoms. The van der Waals surface area contributed by atoms with E-state index in [1.807, 2.05) is 67.1 Å². The van der Waals surface area contributed by atoms with E-state index < -0.39 is 11.9 Å². The number of carbonyl (C=O) groups is 3. The van der Waals surface area contributed by atoms with Crippen molar-refractivity contribution in [3.05, 3.63) is 84.4 Å². The second-order valence-electron chi connectivity index (χ2n) is 14.5. The summed E-state index contributed by atoms with van der Waals surface area (Å²) in [5.41, 5.74) is 6.00. The fraction of sp³-hybridized carbons (Fsp3) is 0.385. The second-order valence-corrected chi connectivity index (χ2v) is 14.5. The average molecular weight is 712 g/mol. The number of aromatic nitrogens is 6. The molecular weight excluding hydrogens is 671 g/mol. The van der Waals surface area contributed by atoms with Gasteiger partial charge < -0.3 is 20.4 Å². The first kappa shape index (κ1) is 33.0. The predicted octanol–water partition coefficient (Wildman–Crippen LogP) is 4.72. The summed E-state index contributed by atoms with van der Waals surface area (Å²) >= 11 is 0. The molecule has 3 fully saturated rings. The number of nitrogens with one attached hydrogen (secondary N) is 3. The third-order valence-electron chi connectivity index (χ3n) is 11.1. The van der Waals surface area contributed by atoms with Crippen LogP contribution in [0.3, 0.4) is 0 Å². The number of benzene rings is 2. The maximum atomic E-state index is 13.3. The number of piperidine rings is 2. The first-order valence-corrected chi connectivity index (χ1v) is 18.6. The Labute approximate surface area is 306 Å². The minimum absolute atomic E-state index is 0.162. The van der Waals surface area contributed by atoms with E-state index in [4.69, 9.17) is 15.1 Å². The molecule has 0 spiro atoms. The van der Waals surface area contributed by atoms with Crippen molar-refractivity contribution in [1.82, 2.24) is 39.9 Å². The fourth-order valence-corrected chi connectivity index (χ4v) is 8.30. The van der Waals surface area contributed by atoms with Crippen molar-refractivity contribution in [3.63, 3.8) is 0 Å². The minimum atomic E-state index is -0.632. The van der Waals surface area contributed by atoms with Gasteiger partial charge in [0, 0.05) is 72.9 Å². The van der Waals surface area contributed by atoms with Gasteiger partial charge in [-0.2, -0.15) is 10.1 Å². The zero-order valence-corrected chi connectivity index (χ0v) is 29.3. The van der Waals surface area contributed by atoms with Crippen LogP contribution in [-0.2, 0) is 16.1 Å². The van der Waals surface area contributed by atoms with Crippen LogP contribution in [0.1, 0.15) is 73.3 Å². The Morgan fingerprint density at radius 2 is 1.64 bits per heavy atom. The van der Waals surface area contributed by atoms with Gasteiger partial charge >= 0.3 is 0 Å². The van der Waals surface area contributed by atoms with Gasteiger partial charge in [-0.3, -0.25) is 29.4 Å². The monoisotopic (exact) mass is 711 g/mol. The molecule has 14 nitrogen and oxygen atoms in total. The summed E-state index contributed by atoms with van der Waals surface area (Å²) in [6.45, 7) is 2.08. The lowest BCUT2D eigenvalue weighted by Gasteiger charge is -2.33. The first-order valence-electron chi connectivity index (χ1n) is 18.6. The van der Waals surface area contributed by atoms with E-state index in [1.165, 1.54) is 0 Å². The normalized spacial score (nSPS) is 22.2. The first-order chi connectivity index (χ1) is 25.9. The van der Waals surface area contributed by atoms with Gasteiger partial charge in [0.05, 0.1) is 35.2 Å². The smallest absolute Gasteiger partial charge is 0.255 e. The van der Waals surface area contributed by atoms with Gasteiger partial charge in [0.1, 0.15) is 11.9 Å². The molecule has 5 aromatic rings. The molecule has 6 heterocycles. The Kier molecular flexibility index (Phi) is 8.64. The molecule has 3 N–H and O–H groups in total. The van der Waals surface area contributed by atoms with Crippen molar-refractivity contribution in [1.29, 1.82) is 0 Å². The number of fused-ring (bicyclic) bond motifs is 2. The number of hydrogen-bond acceptors (Lipinski definition) is 11. The number of amides is 3. The second kappa shape index (κ2) is 13.9. The molecular formula is C39H41N11O3. The zero-order chi connectivity index (χ0) is 35.9. The van der Waals surface area contributed by atoms with Gasteiger partial charge in [0.25, 0.3) is 5.91 Å². The molecule has 0 bridgehead atoms. The number of rotatable bonds is 8. The van der Waals surface area contributed by atoms with Crippen LogP contribution in [0, 0.1) is 0 Å². The summed E-state index contributed by atoms with van der Waals surface area (Å²) in [6, 6.07) is 15.7. The van der Waals surface area contributed by atoms with Gasteiger partial charge in [-0.15, -0.1) is 0 Å². The molecule has 2 aromatic carbocycles. The van der Waals surface area contributed by atoms with E-state index in [1.54, 1.807) is 4.90 Å². The molecule has 3 aromatic heterocycles.